The molecule has 0 atom stereocenters. The Bertz CT molecular complexity index is 474. The third-order valence-electron chi connectivity index (χ3n) is 2.88. The van der Waals surface area contributed by atoms with Gasteiger partial charge in [0.05, 0.1) is 13.2 Å². The minimum Gasteiger partial charge on any atom is -0.392 e. The summed E-state index contributed by atoms with van der Waals surface area (Å²) in [5.41, 5.74) is 2.44. The Kier molecular flexibility index (Phi) is 2.73. The fourth-order valence-corrected chi connectivity index (χ4v) is 2.20. The molecule has 15 heavy (non-hydrogen) atoms. The van der Waals surface area contributed by atoms with Crippen LogP contribution in [0.3, 0.4) is 0 Å². The second kappa shape index (κ2) is 4.03. The predicted molar refractivity (Wildman–Crippen MR) is 59.6 cm³/mol. The number of aliphatic hydroxyl groups excluding tert-OH is 1. The second-order valence-corrected chi connectivity index (χ2v) is 3.66. The van der Waals surface area contributed by atoms with Gasteiger partial charge in [0.2, 0.25) is 0 Å². The lowest BCUT2D eigenvalue weighted by Crippen LogP contribution is -2.38. The first kappa shape index (κ1) is 10.2. The summed E-state index contributed by atoms with van der Waals surface area (Å²) in [4.78, 5) is 0. The highest BCUT2D eigenvalue weighted by Crippen LogP contribution is 2.13. The van der Waals surface area contributed by atoms with Crippen LogP contribution in [0.5, 0.6) is 0 Å². The van der Waals surface area contributed by atoms with Crippen LogP contribution in [0.1, 0.15) is 12.7 Å². The van der Waals surface area contributed by atoms with E-state index in [4.69, 9.17) is 5.11 Å². The predicted octanol–water partition coefficient (Wildman–Crippen LogP) is 1.25. The van der Waals surface area contributed by atoms with Crippen LogP contribution in [0.2, 0.25) is 0 Å². The molecule has 0 fully saturated rings. The smallest absolute Gasteiger partial charge is 0.254 e. The van der Waals surface area contributed by atoms with Gasteiger partial charge in [0.15, 0.2) is 11.0 Å². The SMILES string of the molecule is CCn1c(C)[n+](CCO)c2ccccc21. The number of hydrogen-bond donors (Lipinski definition) is 1. The minimum absolute atomic E-state index is 0.184. The topological polar surface area (TPSA) is 29.0 Å². The highest BCUT2D eigenvalue weighted by atomic mass is 16.3. The molecule has 3 heteroatoms. The standard InChI is InChI=1S/C12H17N2O/c1-3-13-10(2)14(8-9-15)12-7-5-4-6-11(12)13/h4-7,15H,3,8-9H2,1-2H3/q+1. The first-order valence-electron chi connectivity index (χ1n) is 5.38. The number of rotatable bonds is 3. The fourth-order valence-electron chi connectivity index (χ4n) is 2.20. The number of nitrogens with zero attached hydrogens (tertiary/aromatic N) is 2. The maximum Gasteiger partial charge on any atom is 0.254 e. The van der Waals surface area contributed by atoms with Crippen LogP contribution in [0, 0.1) is 6.92 Å². The van der Waals surface area contributed by atoms with Gasteiger partial charge in [-0.3, -0.25) is 0 Å². The maximum atomic E-state index is 9.06. The van der Waals surface area contributed by atoms with E-state index in [0.717, 1.165) is 6.54 Å². The van der Waals surface area contributed by atoms with Crippen molar-refractivity contribution in [1.82, 2.24) is 4.57 Å². The van der Waals surface area contributed by atoms with Crippen molar-refractivity contribution in [2.45, 2.75) is 26.9 Å². The summed E-state index contributed by atoms with van der Waals surface area (Å²) < 4.78 is 4.43. The zero-order chi connectivity index (χ0) is 10.8. The number of aryl methyl sites for hydroxylation is 1. The first-order valence-corrected chi connectivity index (χ1v) is 5.38. The van der Waals surface area contributed by atoms with Crippen LogP contribution in [0.4, 0.5) is 0 Å². The van der Waals surface area contributed by atoms with Gasteiger partial charge in [-0.1, -0.05) is 12.1 Å². The molecule has 0 unspecified atom stereocenters. The van der Waals surface area contributed by atoms with Gasteiger partial charge >= 0.3 is 0 Å². The summed E-state index contributed by atoms with van der Waals surface area (Å²) in [6.07, 6.45) is 0. The van der Waals surface area contributed by atoms with Gasteiger partial charge in [-0.2, -0.15) is 0 Å². The second-order valence-electron chi connectivity index (χ2n) is 3.66. The molecular weight excluding hydrogens is 188 g/mol. The van der Waals surface area contributed by atoms with Gasteiger partial charge in [0.25, 0.3) is 5.82 Å². The molecule has 2 rings (SSSR count). The van der Waals surface area contributed by atoms with Gasteiger partial charge in [0, 0.05) is 6.92 Å². The Morgan fingerprint density at radius 1 is 1.33 bits per heavy atom. The Morgan fingerprint density at radius 3 is 2.73 bits per heavy atom. The molecule has 1 heterocycles. The highest BCUT2D eigenvalue weighted by Gasteiger charge is 2.18. The fraction of sp³-hybridized carbons (Fsp3) is 0.417. The van der Waals surface area contributed by atoms with Crippen LogP contribution in [-0.4, -0.2) is 16.3 Å². The van der Waals surface area contributed by atoms with Gasteiger partial charge in [-0.05, 0) is 19.1 Å². The lowest BCUT2D eigenvalue weighted by atomic mass is 10.3. The van der Waals surface area contributed by atoms with Crippen molar-refractivity contribution in [2.24, 2.45) is 0 Å². The zero-order valence-corrected chi connectivity index (χ0v) is 9.27. The van der Waals surface area contributed by atoms with Crippen molar-refractivity contribution >= 4 is 11.0 Å². The monoisotopic (exact) mass is 205 g/mol. The van der Waals surface area contributed by atoms with Crippen molar-refractivity contribution in [3.05, 3.63) is 30.1 Å². The molecule has 0 aliphatic rings. The van der Waals surface area contributed by atoms with Crippen LogP contribution < -0.4 is 4.57 Å². The van der Waals surface area contributed by atoms with E-state index in [2.05, 4.69) is 41.2 Å². The summed E-state index contributed by atoms with van der Waals surface area (Å²) in [6, 6.07) is 8.32. The number of fused-ring (bicyclic) bond motifs is 1. The molecule has 0 saturated heterocycles. The number of imidazole rings is 1. The van der Waals surface area contributed by atoms with E-state index in [9.17, 15) is 0 Å². The number of benzene rings is 1. The van der Waals surface area contributed by atoms with Crippen molar-refractivity contribution in [3.8, 4) is 0 Å². The van der Waals surface area contributed by atoms with E-state index < -0.39 is 0 Å². The molecule has 0 aliphatic carbocycles. The van der Waals surface area contributed by atoms with Crippen molar-refractivity contribution in [1.29, 1.82) is 0 Å². The molecule has 0 saturated carbocycles. The molecular formula is C12H17N2O+. The molecule has 0 spiro atoms. The van der Waals surface area contributed by atoms with E-state index in [1.165, 1.54) is 16.9 Å². The molecule has 1 N–H and O–H groups in total. The summed E-state index contributed by atoms with van der Waals surface area (Å²) in [7, 11) is 0. The number of aliphatic hydroxyl groups is 1. The Hall–Kier alpha value is -1.35. The van der Waals surface area contributed by atoms with E-state index in [-0.39, 0.29) is 6.61 Å². The van der Waals surface area contributed by atoms with Gasteiger partial charge in [-0.25, -0.2) is 9.13 Å². The molecule has 0 aliphatic heterocycles. The average molecular weight is 205 g/mol. The van der Waals surface area contributed by atoms with Gasteiger partial charge < -0.3 is 5.11 Å². The number of para-hydroxylation sites is 2. The maximum absolute atomic E-state index is 9.06. The van der Waals surface area contributed by atoms with Crippen LogP contribution in [-0.2, 0) is 13.1 Å². The van der Waals surface area contributed by atoms with E-state index >= 15 is 0 Å². The minimum atomic E-state index is 0.184. The summed E-state index contributed by atoms with van der Waals surface area (Å²) >= 11 is 0. The summed E-state index contributed by atoms with van der Waals surface area (Å²) in [5, 5.41) is 9.06. The molecule has 0 bridgehead atoms. The Morgan fingerprint density at radius 2 is 2.07 bits per heavy atom. The third-order valence-corrected chi connectivity index (χ3v) is 2.88. The van der Waals surface area contributed by atoms with Crippen molar-refractivity contribution in [3.63, 3.8) is 0 Å². The lowest BCUT2D eigenvalue weighted by molar-refractivity contribution is -0.679. The number of aromatic nitrogens is 2. The number of hydrogen-bond acceptors (Lipinski definition) is 1. The Balaban J connectivity index is 2.72. The average Bonchev–Trinajstić information content (AvgIpc) is 2.53. The normalized spacial score (nSPS) is 11.1. The van der Waals surface area contributed by atoms with Crippen molar-refractivity contribution < 1.29 is 9.67 Å². The highest BCUT2D eigenvalue weighted by molar-refractivity contribution is 5.72. The van der Waals surface area contributed by atoms with E-state index in [1.54, 1.807) is 0 Å². The van der Waals surface area contributed by atoms with Crippen molar-refractivity contribution in [2.75, 3.05) is 6.61 Å². The Labute approximate surface area is 89.6 Å². The van der Waals surface area contributed by atoms with Crippen LogP contribution in [0.15, 0.2) is 24.3 Å². The lowest BCUT2D eigenvalue weighted by Gasteiger charge is -1.96. The van der Waals surface area contributed by atoms with E-state index in [1.807, 2.05) is 6.07 Å². The van der Waals surface area contributed by atoms with Gasteiger partial charge in [-0.15, -0.1) is 0 Å². The van der Waals surface area contributed by atoms with Crippen LogP contribution in [0.25, 0.3) is 11.0 Å². The summed E-state index contributed by atoms with van der Waals surface area (Å²) in [6.45, 7) is 6.05. The molecule has 80 valence electrons. The van der Waals surface area contributed by atoms with E-state index in [0.29, 0.717) is 6.54 Å². The zero-order valence-electron chi connectivity index (χ0n) is 9.27. The molecule has 0 radical (unpaired) electrons. The largest absolute Gasteiger partial charge is 0.392 e. The molecule has 0 amide bonds. The summed E-state index contributed by atoms with van der Waals surface area (Å²) in [5.74, 6) is 1.20. The molecule has 2 aromatic rings. The van der Waals surface area contributed by atoms with Crippen LogP contribution >= 0.6 is 0 Å². The molecule has 1 aromatic heterocycles. The quantitative estimate of drug-likeness (QED) is 0.751. The molecule has 3 nitrogen and oxygen atoms in total. The van der Waals surface area contributed by atoms with Gasteiger partial charge in [0.1, 0.15) is 6.54 Å². The first-order chi connectivity index (χ1) is 7.29. The third kappa shape index (κ3) is 1.53. The molecule has 1 aromatic carbocycles.